The van der Waals surface area contributed by atoms with Gasteiger partial charge in [0.2, 0.25) is 0 Å². The summed E-state index contributed by atoms with van der Waals surface area (Å²) in [6.45, 7) is 2.32. The quantitative estimate of drug-likeness (QED) is 0.770. The topological polar surface area (TPSA) is 41.6 Å². The van der Waals surface area contributed by atoms with Gasteiger partial charge < -0.3 is 15.0 Å². The summed E-state index contributed by atoms with van der Waals surface area (Å²) < 4.78 is 5.02. The summed E-state index contributed by atoms with van der Waals surface area (Å²) in [5.41, 5.74) is 1.13. The second kappa shape index (κ2) is 9.01. The van der Waals surface area contributed by atoms with Gasteiger partial charge in [-0.05, 0) is 49.8 Å². The number of benzene rings is 1. The highest BCUT2D eigenvalue weighted by molar-refractivity contribution is 6.30. The molecule has 1 atom stereocenters. The first-order valence-corrected chi connectivity index (χ1v) is 8.39. The highest BCUT2D eigenvalue weighted by atomic mass is 35.5. The van der Waals surface area contributed by atoms with Crippen LogP contribution in [0.4, 0.5) is 4.79 Å². The second-order valence-electron chi connectivity index (χ2n) is 5.69. The van der Waals surface area contributed by atoms with Crippen LogP contribution in [0.1, 0.15) is 43.7 Å². The molecule has 5 heteroatoms. The van der Waals surface area contributed by atoms with E-state index in [1.54, 1.807) is 7.11 Å². The SMILES string of the molecule is COCCCCCNC(=O)N1CCCC1c1cccc(Cl)c1. The van der Waals surface area contributed by atoms with E-state index in [2.05, 4.69) is 5.32 Å². The second-order valence-corrected chi connectivity index (χ2v) is 6.13. The number of hydrogen-bond donors (Lipinski definition) is 1. The number of unbranched alkanes of at least 4 members (excludes halogenated alkanes) is 2. The molecule has 1 aromatic carbocycles. The van der Waals surface area contributed by atoms with Crippen molar-refractivity contribution in [3.63, 3.8) is 0 Å². The first-order chi connectivity index (χ1) is 10.7. The minimum absolute atomic E-state index is 0.0363. The Morgan fingerprint density at radius 1 is 1.41 bits per heavy atom. The molecule has 1 heterocycles. The molecule has 1 aromatic rings. The maximum absolute atomic E-state index is 12.4. The normalized spacial score (nSPS) is 17.7. The molecule has 1 aliphatic rings. The van der Waals surface area contributed by atoms with Gasteiger partial charge in [-0.2, -0.15) is 0 Å². The molecule has 122 valence electrons. The minimum atomic E-state index is 0.0363. The highest BCUT2D eigenvalue weighted by Crippen LogP contribution is 2.32. The Morgan fingerprint density at radius 3 is 3.05 bits per heavy atom. The molecule has 0 bridgehead atoms. The highest BCUT2D eigenvalue weighted by Gasteiger charge is 2.29. The molecule has 1 fully saturated rings. The summed E-state index contributed by atoms with van der Waals surface area (Å²) in [4.78, 5) is 14.3. The fraction of sp³-hybridized carbons (Fsp3) is 0.588. The van der Waals surface area contributed by atoms with E-state index in [1.807, 2.05) is 29.2 Å². The molecule has 0 saturated carbocycles. The predicted octanol–water partition coefficient (Wildman–Crippen LogP) is 4.00. The van der Waals surface area contributed by atoms with Crippen molar-refractivity contribution in [2.45, 2.75) is 38.1 Å². The molecule has 1 N–H and O–H groups in total. The minimum Gasteiger partial charge on any atom is -0.385 e. The molecule has 0 radical (unpaired) electrons. The van der Waals surface area contributed by atoms with Crippen molar-refractivity contribution in [2.75, 3.05) is 26.8 Å². The number of ether oxygens (including phenoxy) is 1. The monoisotopic (exact) mass is 324 g/mol. The largest absolute Gasteiger partial charge is 0.385 e. The molecule has 22 heavy (non-hydrogen) atoms. The Bertz CT molecular complexity index is 481. The number of hydrogen-bond acceptors (Lipinski definition) is 2. The van der Waals surface area contributed by atoms with Gasteiger partial charge in [-0.15, -0.1) is 0 Å². The average Bonchev–Trinajstić information content (AvgIpc) is 3.00. The lowest BCUT2D eigenvalue weighted by Gasteiger charge is -2.25. The molecule has 2 amide bonds. The zero-order valence-electron chi connectivity index (χ0n) is 13.2. The van der Waals surface area contributed by atoms with Crippen LogP contribution in [0.15, 0.2) is 24.3 Å². The van der Waals surface area contributed by atoms with Crippen LogP contribution in [0.5, 0.6) is 0 Å². The number of likely N-dealkylation sites (tertiary alicyclic amines) is 1. The molecule has 0 spiro atoms. The van der Waals surface area contributed by atoms with E-state index in [0.717, 1.165) is 62.4 Å². The van der Waals surface area contributed by atoms with Gasteiger partial charge in [-0.1, -0.05) is 23.7 Å². The molecular weight excluding hydrogens is 300 g/mol. The smallest absolute Gasteiger partial charge is 0.317 e. The zero-order chi connectivity index (χ0) is 15.8. The molecule has 0 aromatic heterocycles. The van der Waals surface area contributed by atoms with Crippen LogP contribution in [-0.2, 0) is 4.74 Å². The maximum Gasteiger partial charge on any atom is 0.317 e. The van der Waals surface area contributed by atoms with Gasteiger partial charge in [0, 0.05) is 31.8 Å². The summed E-state index contributed by atoms with van der Waals surface area (Å²) in [6, 6.07) is 8.00. The molecule has 4 nitrogen and oxygen atoms in total. The van der Waals surface area contributed by atoms with Crippen LogP contribution in [0.3, 0.4) is 0 Å². The standard InChI is InChI=1S/C17H25ClN2O2/c1-22-12-4-2-3-10-19-17(21)20-11-6-9-16(20)14-7-5-8-15(18)13-14/h5,7-8,13,16H,2-4,6,9-12H2,1H3,(H,19,21). The third-order valence-corrected chi connectivity index (χ3v) is 4.28. The summed E-state index contributed by atoms with van der Waals surface area (Å²) >= 11 is 6.07. The van der Waals surface area contributed by atoms with Crippen molar-refractivity contribution in [3.05, 3.63) is 34.9 Å². The van der Waals surface area contributed by atoms with Gasteiger partial charge in [0.25, 0.3) is 0 Å². The molecule has 2 rings (SSSR count). The number of carbonyl (C=O) groups excluding carboxylic acids is 1. The van der Waals surface area contributed by atoms with Gasteiger partial charge in [0.1, 0.15) is 0 Å². The van der Waals surface area contributed by atoms with Crippen LogP contribution in [0.2, 0.25) is 5.02 Å². The van der Waals surface area contributed by atoms with Crippen LogP contribution in [-0.4, -0.2) is 37.7 Å². The Labute approximate surface area is 137 Å². The number of rotatable bonds is 7. The van der Waals surface area contributed by atoms with Crippen molar-refractivity contribution < 1.29 is 9.53 Å². The lowest BCUT2D eigenvalue weighted by atomic mass is 10.1. The van der Waals surface area contributed by atoms with Crippen LogP contribution < -0.4 is 5.32 Å². The third-order valence-electron chi connectivity index (χ3n) is 4.05. The fourth-order valence-corrected chi connectivity index (χ4v) is 3.11. The Hall–Kier alpha value is -1.26. The van der Waals surface area contributed by atoms with Crippen molar-refractivity contribution in [1.29, 1.82) is 0 Å². The Balaban J connectivity index is 1.81. The van der Waals surface area contributed by atoms with Gasteiger partial charge in [0.05, 0.1) is 6.04 Å². The van der Waals surface area contributed by atoms with E-state index in [0.29, 0.717) is 0 Å². The van der Waals surface area contributed by atoms with Crippen LogP contribution in [0, 0.1) is 0 Å². The maximum atomic E-state index is 12.4. The van der Waals surface area contributed by atoms with E-state index in [1.165, 1.54) is 0 Å². The number of carbonyl (C=O) groups is 1. The van der Waals surface area contributed by atoms with Crippen molar-refractivity contribution in [2.24, 2.45) is 0 Å². The Morgan fingerprint density at radius 2 is 2.27 bits per heavy atom. The average molecular weight is 325 g/mol. The first kappa shape index (κ1) is 17.1. The van der Waals surface area contributed by atoms with E-state index in [4.69, 9.17) is 16.3 Å². The predicted molar refractivity (Wildman–Crippen MR) is 89.3 cm³/mol. The van der Waals surface area contributed by atoms with Gasteiger partial charge >= 0.3 is 6.03 Å². The first-order valence-electron chi connectivity index (χ1n) is 8.01. The van der Waals surface area contributed by atoms with E-state index in [9.17, 15) is 4.79 Å². The molecule has 1 aliphatic heterocycles. The fourth-order valence-electron chi connectivity index (χ4n) is 2.92. The third kappa shape index (κ3) is 4.89. The summed E-state index contributed by atoms with van der Waals surface area (Å²) in [5, 5.41) is 3.75. The number of nitrogens with zero attached hydrogens (tertiary/aromatic N) is 1. The van der Waals surface area contributed by atoms with Crippen molar-refractivity contribution in [1.82, 2.24) is 10.2 Å². The number of methoxy groups -OCH3 is 1. The summed E-state index contributed by atoms with van der Waals surface area (Å²) in [5.74, 6) is 0. The van der Waals surface area contributed by atoms with Crippen LogP contribution >= 0.6 is 11.6 Å². The summed E-state index contributed by atoms with van der Waals surface area (Å²) in [7, 11) is 1.71. The number of halogens is 1. The molecule has 1 saturated heterocycles. The Kier molecular flexibility index (Phi) is 7.00. The van der Waals surface area contributed by atoms with Crippen molar-refractivity contribution >= 4 is 17.6 Å². The number of urea groups is 1. The van der Waals surface area contributed by atoms with E-state index < -0.39 is 0 Å². The van der Waals surface area contributed by atoms with Crippen LogP contribution in [0.25, 0.3) is 0 Å². The van der Waals surface area contributed by atoms with E-state index >= 15 is 0 Å². The van der Waals surface area contributed by atoms with Gasteiger partial charge in [0.15, 0.2) is 0 Å². The molecule has 1 unspecified atom stereocenters. The van der Waals surface area contributed by atoms with Crippen molar-refractivity contribution in [3.8, 4) is 0 Å². The lowest BCUT2D eigenvalue weighted by Crippen LogP contribution is -2.39. The molecule has 0 aliphatic carbocycles. The number of nitrogens with one attached hydrogen (secondary N) is 1. The summed E-state index contributed by atoms with van der Waals surface area (Å²) in [6.07, 6.45) is 5.15. The lowest BCUT2D eigenvalue weighted by molar-refractivity contribution is 0.188. The number of amides is 2. The van der Waals surface area contributed by atoms with E-state index in [-0.39, 0.29) is 12.1 Å². The zero-order valence-corrected chi connectivity index (χ0v) is 13.9. The molecular formula is C17H25ClN2O2. The van der Waals surface area contributed by atoms with Gasteiger partial charge in [-0.25, -0.2) is 4.79 Å². The van der Waals surface area contributed by atoms with Gasteiger partial charge in [-0.3, -0.25) is 0 Å².